The molecule has 0 saturated carbocycles. The molecule has 0 bridgehead atoms. The Kier molecular flexibility index (Phi) is 17.2. The number of hydrogen-bond donors (Lipinski definition) is 4. The Morgan fingerprint density at radius 3 is 1.79 bits per heavy atom. The van der Waals surface area contributed by atoms with Crippen molar-refractivity contribution in [1.29, 1.82) is 0 Å². The third-order valence-electron chi connectivity index (χ3n) is 13.9. The van der Waals surface area contributed by atoms with Gasteiger partial charge >= 0.3 is 0 Å². The highest BCUT2D eigenvalue weighted by atomic mass is 32.2. The van der Waals surface area contributed by atoms with E-state index in [0.29, 0.717) is 47.8 Å². The zero-order valence-electron chi connectivity index (χ0n) is 39.3. The van der Waals surface area contributed by atoms with Crippen LogP contribution in [0, 0.1) is 0 Å². The van der Waals surface area contributed by atoms with Gasteiger partial charge in [-0.3, -0.25) is 14.4 Å². The van der Waals surface area contributed by atoms with E-state index in [1.54, 1.807) is 0 Å². The smallest absolute Gasteiger partial charge is 0.225 e. The molecule has 1 aliphatic carbocycles. The number of ketones is 1. The van der Waals surface area contributed by atoms with Crippen LogP contribution in [0.2, 0.25) is 0 Å². The number of Topliss-reactive ketones (excluding diaryl/α,β-unsaturated/α-hetero) is 1. The summed E-state index contributed by atoms with van der Waals surface area (Å²) in [6.45, 7) is 7.62. The van der Waals surface area contributed by atoms with Crippen molar-refractivity contribution in [2.75, 3.05) is 66.3 Å². The van der Waals surface area contributed by atoms with E-state index in [2.05, 4.69) is 43.4 Å². The van der Waals surface area contributed by atoms with Crippen molar-refractivity contribution in [1.82, 2.24) is 14.0 Å². The molecule has 0 radical (unpaired) electrons. The summed E-state index contributed by atoms with van der Waals surface area (Å²) in [5, 5.41) is 22.3. The van der Waals surface area contributed by atoms with Gasteiger partial charge in [0.15, 0.2) is 5.78 Å². The second-order valence-electron chi connectivity index (χ2n) is 18.9. The Hall–Kier alpha value is -4.12. The van der Waals surface area contributed by atoms with Crippen LogP contribution in [0.3, 0.4) is 0 Å². The summed E-state index contributed by atoms with van der Waals surface area (Å²) >= 11 is 0. The molecule has 0 fully saturated rings. The lowest BCUT2D eigenvalue weighted by Crippen LogP contribution is -2.46. The normalized spacial score (nSPS) is 17.6. The molecule has 0 saturated heterocycles. The minimum Gasteiger partial charge on any atom is -0.871 e. The fourth-order valence-corrected chi connectivity index (χ4v) is 12.9. The molecule has 5 aliphatic rings. The molecule has 4 aliphatic heterocycles. The Morgan fingerprint density at radius 1 is 0.652 bits per heavy atom. The van der Waals surface area contributed by atoms with Crippen LogP contribution >= 0.6 is 0 Å². The average molecular weight is 949 g/mol. The fourth-order valence-electron chi connectivity index (χ4n) is 10.6. The van der Waals surface area contributed by atoms with E-state index < -0.39 is 43.4 Å². The van der Waals surface area contributed by atoms with E-state index in [9.17, 15) is 36.3 Å². The topological polar surface area (TPSA) is 197 Å². The summed E-state index contributed by atoms with van der Waals surface area (Å²) in [4.78, 5) is 44.5. The maximum Gasteiger partial charge on any atom is 0.225 e. The van der Waals surface area contributed by atoms with Crippen LogP contribution < -0.4 is 45.2 Å². The number of unbranched alkanes of at least 4 members (excludes halogenated alkanes) is 10. The molecule has 2 aromatic rings. The van der Waals surface area contributed by atoms with Gasteiger partial charge in [-0.15, -0.1) is 0 Å². The maximum atomic E-state index is 14.7. The Balaban J connectivity index is 1.16. The molecule has 4 heterocycles. The van der Waals surface area contributed by atoms with Crippen LogP contribution in [0.1, 0.15) is 157 Å². The van der Waals surface area contributed by atoms with E-state index in [1.165, 1.54) is 0 Å². The summed E-state index contributed by atoms with van der Waals surface area (Å²) in [7, 11) is -7.12. The van der Waals surface area contributed by atoms with Crippen molar-refractivity contribution in [3.63, 3.8) is 0 Å². The number of aryl methyl sites for hydroxylation is 2. The first-order valence-corrected chi connectivity index (χ1v) is 28.4. The number of sulfonamides is 2. The molecule has 66 heavy (non-hydrogen) atoms. The number of nitrogens with one attached hydrogen (secondary N) is 4. The average Bonchev–Trinajstić information content (AvgIpc) is 3.28. The fraction of sp³-hybridized carbons (Fsp3) is 0.640. The molecule has 2 aromatic carbocycles. The van der Waals surface area contributed by atoms with E-state index in [4.69, 9.17) is 0 Å². The summed E-state index contributed by atoms with van der Waals surface area (Å²) in [6.07, 6.45) is 17.6. The largest absolute Gasteiger partial charge is 0.871 e. The second-order valence-corrected chi connectivity index (χ2v) is 22.8. The van der Waals surface area contributed by atoms with E-state index in [0.717, 1.165) is 162 Å². The molecule has 0 unspecified atom stereocenters. The molecule has 0 aromatic heterocycles. The van der Waals surface area contributed by atoms with E-state index in [-0.39, 0.29) is 48.6 Å². The predicted molar refractivity (Wildman–Crippen MR) is 261 cm³/mol. The van der Waals surface area contributed by atoms with Crippen LogP contribution in [0.15, 0.2) is 17.9 Å². The van der Waals surface area contributed by atoms with Gasteiger partial charge in [0.05, 0.1) is 22.9 Å². The maximum absolute atomic E-state index is 14.7. The molecule has 362 valence electrons. The van der Waals surface area contributed by atoms with Gasteiger partial charge in [-0.1, -0.05) is 83.8 Å². The van der Waals surface area contributed by atoms with Gasteiger partial charge in [0, 0.05) is 90.6 Å². The van der Waals surface area contributed by atoms with Gasteiger partial charge in [-0.05, 0) is 74.6 Å². The zero-order chi connectivity index (χ0) is 46.8. The van der Waals surface area contributed by atoms with E-state index >= 15 is 0 Å². The number of allylic oxidation sites excluding steroid dienone is 2. The van der Waals surface area contributed by atoms with Gasteiger partial charge in [-0.2, -0.15) is 0 Å². The third kappa shape index (κ3) is 11.9. The molecule has 14 nitrogen and oxygen atoms in total. The van der Waals surface area contributed by atoms with Crippen LogP contribution in [-0.2, 0) is 60.1 Å². The van der Waals surface area contributed by atoms with Crippen LogP contribution in [0.4, 0.5) is 17.1 Å². The number of benzene rings is 2. The zero-order valence-corrected chi connectivity index (χ0v) is 41.0. The number of hydrogen-bond acceptors (Lipinski definition) is 9. The van der Waals surface area contributed by atoms with E-state index in [1.807, 2.05) is 12.1 Å². The first-order valence-electron chi connectivity index (χ1n) is 25.1. The number of rotatable bonds is 25. The summed E-state index contributed by atoms with van der Waals surface area (Å²) in [6, 6.07) is 3.78. The third-order valence-corrected chi connectivity index (χ3v) is 16.8. The quantitative estimate of drug-likeness (QED) is 0.0819. The lowest BCUT2D eigenvalue weighted by molar-refractivity contribution is -0.292. The molecular weight excluding hydrogens is 877 g/mol. The number of anilines is 3. The molecule has 2 amide bonds. The molecule has 16 heteroatoms. The van der Waals surface area contributed by atoms with Crippen LogP contribution in [0.5, 0.6) is 0 Å². The minimum absolute atomic E-state index is 0.00727. The van der Waals surface area contributed by atoms with Crippen molar-refractivity contribution in [2.45, 2.75) is 155 Å². The van der Waals surface area contributed by atoms with Gasteiger partial charge < -0.3 is 20.6 Å². The minimum atomic E-state index is -3.56. The van der Waals surface area contributed by atoms with Gasteiger partial charge in [-0.25, -0.2) is 30.9 Å². The first-order chi connectivity index (χ1) is 31.8. The number of amides is 2. The highest BCUT2D eigenvalue weighted by Gasteiger charge is 2.37. The van der Waals surface area contributed by atoms with Crippen molar-refractivity contribution >= 4 is 65.9 Å². The molecule has 7 rings (SSSR count). The highest BCUT2D eigenvalue weighted by Crippen LogP contribution is 2.47. The molecule has 4 N–H and O–H groups in total. The molecule has 0 spiro atoms. The van der Waals surface area contributed by atoms with Crippen molar-refractivity contribution < 1.29 is 36.3 Å². The lowest BCUT2D eigenvalue weighted by Gasteiger charge is -2.40. The Morgan fingerprint density at radius 2 is 1.18 bits per heavy atom. The van der Waals surface area contributed by atoms with Gasteiger partial charge in [0.25, 0.3) is 0 Å². The van der Waals surface area contributed by atoms with Gasteiger partial charge in [0.1, 0.15) is 13.1 Å². The lowest BCUT2D eigenvalue weighted by atomic mass is 9.77. The molecule has 0 atom stereocenters. The standard InChI is InChI=1S/C50H72N6O8S2/c1-3-5-7-9-11-13-31-65(61,62)51-25-23-41(57)53-45-37-21-17-29-55-27-15-19-35(47(37)55)33-39(45)43-49(59)44(50(43)60)40-34-36-20-16-28-56-30-18-22-38(48(36)56)46(40)54-42(58)24-26-52-66(63,64)32-14-12-10-8-6-4-2/h33-34,51-52H,3-32H2,1-2H3,(H2,53,54,57,58,59,60). The van der Waals surface area contributed by atoms with Crippen LogP contribution in [-0.4, -0.2) is 85.2 Å². The summed E-state index contributed by atoms with van der Waals surface area (Å²) in [5.74, 6) is -1.73. The predicted octanol–water partition coefficient (Wildman–Crippen LogP) is 4.49. The number of carbonyl (C=O) groups excluding carboxylic acids is 3. The van der Waals surface area contributed by atoms with Crippen LogP contribution in [0.25, 0.3) is 11.1 Å². The second kappa shape index (κ2) is 22.8. The SMILES string of the molecule is CCCCCCCCS(=O)(=O)NCCC(=O)Nc1c(C2=C([O-])/C(=c3/cc4c5c(c3NC(=O)CCNS(=O)(=O)CCCCCCCC)CCC[N+]=5CCC4)C2=O)cc2c3c1CCCN3CCC2. The van der Waals surface area contributed by atoms with Crippen molar-refractivity contribution in [2.24, 2.45) is 0 Å². The summed E-state index contributed by atoms with van der Waals surface area (Å²) < 4.78 is 58.5. The van der Waals surface area contributed by atoms with Gasteiger partial charge in [0.2, 0.25) is 37.2 Å². The highest BCUT2D eigenvalue weighted by molar-refractivity contribution is 7.89. The first kappa shape index (κ1) is 49.8. The number of carbonyl (C=O) groups is 3. The Bertz CT molecular complexity index is 2550. The molecular formula is C50H72N6O8S2. The summed E-state index contributed by atoms with van der Waals surface area (Å²) in [5.41, 5.74) is 6.11. The Labute approximate surface area is 392 Å². The van der Waals surface area contributed by atoms with Crippen molar-refractivity contribution in [3.8, 4) is 0 Å². The van der Waals surface area contributed by atoms with Crippen molar-refractivity contribution in [3.05, 3.63) is 56.3 Å². The monoisotopic (exact) mass is 948 g/mol. The number of nitrogens with zero attached hydrogens (tertiary/aromatic N) is 2.